The van der Waals surface area contributed by atoms with Crippen molar-refractivity contribution in [3.05, 3.63) is 0 Å². The highest BCUT2D eigenvalue weighted by molar-refractivity contribution is 4.77. The van der Waals surface area contributed by atoms with Crippen molar-refractivity contribution in [1.29, 1.82) is 0 Å². The summed E-state index contributed by atoms with van der Waals surface area (Å²) in [4.78, 5) is 0. The van der Waals surface area contributed by atoms with Gasteiger partial charge in [0.2, 0.25) is 0 Å². The highest BCUT2D eigenvalue weighted by atomic mass is 16.5. The Morgan fingerprint density at radius 2 is 1.93 bits per heavy atom. The summed E-state index contributed by atoms with van der Waals surface area (Å²) in [7, 11) is 1.68. The van der Waals surface area contributed by atoms with Crippen LogP contribution in [0.15, 0.2) is 0 Å². The van der Waals surface area contributed by atoms with Crippen LogP contribution in [0.25, 0.3) is 0 Å². The highest BCUT2D eigenvalue weighted by Crippen LogP contribution is 2.13. The Morgan fingerprint density at radius 1 is 1.33 bits per heavy atom. The lowest BCUT2D eigenvalue weighted by atomic mass is 9.92. The van der Waals surface area contributed by atoms with Gasteiger partial charge in [0.05, 0.1) is 19.8 Å². The first-order valence-corrected chi connectivity index (χ1v) is 5.56. The van der Waals surface area contributed by atoms with Crippen molar-refractivity contribution >= 4 is 0 Å². The van der Waals surface area contributed by atoms with Crippen LogP contribution in [0.5, 0.6) is 0 Å². The van der Waals surface area contributed by atoms with Crippen molar-refractivity contribution in [1.82, 2.24) is 5.32 Å². The Bertz CT molecular complexity index is 143. The van der Waals surface area contributed by atoms with E-state index in [1.54, 1.807) is 7.11 Å². The van der Waals surface area contributed by atoms with Gasteiger partial charge in [-0.05, 0) is 6.42 Å². The molecule has 0 bridgehead atoms. The Labute approximate surface area is 92.6 Å². The number of aliphatic hydroxyl groups is 2. The van der Waals surface area contributed by atoms with E-state index in [4.69, 9.17) is 14.9 Å². The molecule has 0 rings (SSSR count). The topological polar surface area (TPSA) is 61.7 Å². The first-order chi connectivity index (χ1) is 7.11. The summed E-state index contributed by atoms with van der Waals surface area (Å²) in [6.45, 7) is 5.23. The van der Waals surface area contributed by atoms with Gasteiger partial charge in [-0.2, -0.15) is 0 Å². The zero-order valence-electron chi connectivity index (χ0n) is 10.1. The number of rotatable bonds is 9. The quantitative estimate of drug-likeness (QED) is 0.525. The van der Waals surface area contributed by atoms with Crippen molar-refractivity contribution in [3.63, 3.8) is 0 Å². The molecule has 3 N–H and O–H groups in total. The predicted molar refractivity (Wildman–Crippen MR) is 60.9 cm³/mol. The second-order valence-electron chi connectivity index (χ2n) is 4.45. The normalized spacial score (nSPS) is 14.2. The van der Waals surface area contributed by atoms with E-state index in [1.165, 1.54) is 0 Å². The van der Waals surface area contributed by atoms with Gasteiger partial charge in [0, 0.05) is 25.1 Å². The maximum Gasteiger partial charge on any atom is 0.0615 e. The van der Waals surface area contributed by atoms with Crippen LogP contribution in [0.3, 0.4) is 0 Å². The summed E-state index contributed by atoms with van der Waals surface area (Å²) in [6.07, 6.45) is 2.14. The molecular formula is C11H25NO3. The van der Waals surface area contributed by atoms with Gasteiger partial charge in [-0.25, -0.2) is 0 Å². The second-order valence-corrected chi connectivity index (χ2v) is 4.45. The molecule has 0 aliphatic rings. The molecule has 0 amide bonds. The smallest absolute Gasteiger partial charge is 0.0615 e. The maximum atomic E-state index is 9.13. The van der Waals surface area contributed by atoms with Crippen LogP contribution in [-0.4, -0.2) is 49.7 Å². The molecule has 1 atom stereocenters. The number of hydrogen-bond acceptors (Lipinski definition) is 4. The van der Waals surface area contributed by atoms with Gasteiger partial charge in [-0.15, -0.1) is 0 Å². The Hall–Kier alpha value is -0.160. The minimum absolute atomic E-state index is 0.0116. The largest absolute Gasteiger partial charge is 0.396 e. The molecule has 0 spiro atoms. The number of ether oxygens (including phenoxy) is 1. The molecule has 15 heavy (non-hydrogen) atoms. The Kier molecular flexibility index (Phi) is 7.96. The summed E-state index contributed by atoms with van der Waals surface area (Å²) < 4.78 is 5.10. The maximum absolute atomic E-state index is 9.13. The van der Waals surface area contributed by atoms with Gasteiger partial charge in [0.1, 0.15) is 0 Å². The lowest BCUT2D eigenvalue weighted by molar-refractivity contribution is 0.0620. The summed E-state index contributed by atoms with van der Waals surface area (Å²) in [5, 5.41) is 21.6. The second kappa shape index (κ2) is 8.05. The average molecular weight is 219 g/mol. The monoisotopic (exact) mass is 219 g/mol. The fraction of sp³-hybridized carbons (Fsp3) is 1.00. The molecule has 0 aromatic rings. The third-order valence-corrected chi connectivity index (χ3v) is 2.59. The van der Waals surface area contributed by atoms with Gasteiger partial charge in [0.25, 0.3) is 0 Å². The lowest BCUT2D eigenvalue weighted by Crippen LogP contribution is -2.43. The summed E-state index contributed by atoms with van der Waals surface area (Å²) in [5.74, 6) is 0. The van der Waals surface area contributed by atoms with Crippen LogP contribution in [0.1, 0.15) is 26.7 Å². The zero-order valence-corrected chi connectivity index (χ0v) is 10.1. The van der Waals surface area contributed by atoms with Gasteiger partial charge >= 0.3 is 0 Å². The van der Waals surface area contributed by atoms with E-state index in [0.29, 0.717) is 19.2 Å². The first-order valence-electron chi connectivity index (χ1n) is 5.56. The molecule has 0 aliphatic carbocycles. The summed E-state index contributed by atoms with van der Waals surface area (Å²) >= 11 is 0. The van der Waals surface area contributed by atoms with E-state index >= 15 is 0 Å². The van der Waals surface area contributed by atoms with E-state index < -0.39 is 5.41 Å². The third kappa shape index (κ3) is 6.10. The van der Waals surface area contributed by atoms with E-state index in [2.05, 4.69) is 12.2 Å². The summed E-state index contributed by atoms with van der Waals surface area (Å²) in [5.41, 5.74) is -0.445. The standard InChI is InChI=1S/C11H25NO3/c1-4-5-10(6-15-3)12-7-11(2,8-13)9-14/h10,12-14H,4-9H2,1-3H3. The van der Waals surface area contributed by atoms with Crippen LogP contribution >= 0.6 is 0 Å². The molecule has 92 valence electrons. The summed E-state index contributed by atoms with van der Waals surface area (Å²) in [6, 6.07) is 0.303. The minimum atomic E-state index is -0.445. The molecule has 0 aromatic carbocycles. The Balaban J connectivity index is 3.95. The van der Waals surface area contributed by atoms with Crippen LogP contribution in [0.4, 0.5) is 0 Å². The first kappa shape index (κ1) is 14.8. The molecule has 4 heteroatoms. The third-order valence-electron chi connectivity index (χ3n) is 2.59. The van der Waals surface area contributed by atoms with Crippen molar-refractivity contribution in [2.45, 2.75) is 32.7 Å². The molecule has 0 saturated carbocycles. The fourth-order valence-corrected chi connectivity index (χ4v) is 1.35. The van der Waals surface area contributed by atoms with Crippen molar-refractivity contribution in [3.8, 4) is 0 Å². The molecule has 4 nitrogen and oxygen atoms in total. The van der Waals surface area contributed by atoms with Crippen molar-refractivity contribution < 1.29 is 14.9 Å². The lowest BCUT2D eigenvalue weighted by Gasteiger charge is -2.28. The van der Waals surface area contributed by atoms with Crippen LogP contribution < -0.4 is 5.32 Å². The molecular weight excluding hydrogens is 194 g/mol. The molecule has 1 unspecified atom stereocenters. The Morgan fingerprint density at radius 3 is 2.33 bits per heavy atom. The van der Waals surface area contributed by atoms with E-state index in [0.717, 1.165) is 12.8 Å². The van der Waals surface area contributed by atoms with Crippen LogP contribution in [0, 0.1) is 5.41 Å². The molecule has 0 aliphatic heterocycles. The number of nitrogens with one attached hydrogen (secondary N) is 1. The molecule has 0 aromatic heterocycles. The minimum Gasteiger partial charge on any atom is -0.396 e. The van der Waals surface area contributed by atoms with Crippen molar-refractivity contribution in [2.75, 3.05) is 33.5 Å². The SMILES string of the molecule is CCCC(COC)NCC(C)(CO)CO. The molecule has 0 heterocycles. The predicted octanol–water partition coefficient (Wildman–Crippen LogP) is 0.382. The van der Waals surface area contributed by atoms with Gasteiger partial charge in [-0.3, -0.25) is 0 Å². The molecule has 0 radical (unpaired) electrons. The average Bonchev–Trinajstić information content (AvgIpc) is 2.26. The highest BCUT2D eigenvalue weighted by Gasteiger charge is 2.23. The van der Waals surface area contributed by atoms with Gasteiger partial charge in [-0.1, -0.05) is 20.3 Å². The number of hydrogen-bond donors (Lipinski definition) is 3. The van der Waals surface area contributed by atoms with E-state index in [1.807, 2.05) is 6.92 Å². The van der Waals surface area contributed by atoms with Gasteiger partial charge in [0.15, 0.2) is 0 Å². The van der Waals surface area contributed by atoms with E-state index in [9.17, 15) is 0 Å². The van der Waals surface area contributed by atoms with Gasteiger partial charge < -0.3 is 20.3 Å². The van der Waals surface area contributed by atoms with Crippen LogP contribution in [0.2, 0.25) is 0 Å². The zero-order chi connectivity index (χ0) is 11.7. The van der Waals surface area contributed by atoms with Crippen LogP contribution in [-0.2, 0) is 4.74 Å². The number of methoxy groups -OCH3 is 1. The fourth-order valence-electron chi connectivity index (χ4n) is 1.35. The van der Waals surface area contributed by atoms with Crippen molar-refractivity contribution in [2.24, 2.45) is 5.41 Å². The molecule has 0 fully saturated rings. The van der Waals surface area contributed by atoms with E-state index in [-0.39, 0.29) is 13.2 Å². The molecule has 0 saturated heterocycles. The number of aliphatic hydroxyl groups excluding tert-OH is 2.